The van der Waals surface area contributed by atoms with Crippen molar-refractivity contribution in [3.05, 3.63) is 59.9 Å². The molecule has 1 unspecified atom stereocenters. The fraction of sp³-hybridized carbons (Fsp3) is 0.391. The summed E-state index contributed by atoms with van der Waals surface area (Å²) in [5.41, 5.74) is 0.759. The van der Waals surface area contributed by atoms with Gasteiger partial charge in [-0.05, 0) is 55.3 Å². The maximum Gasteiger partial charge on any atom is 0.253 e. The molecule has 0 spiro atoms. The summed E-state index contributed by atoms with van der Waals surface area (Å²) in [5.74, 6) is -1.36. The smallest absolute Gasteiger partial charge is 0.253 e. The number of rotatable bonds is 5. The summed E-state index contributed by atoms with van der Waals surface area (Å²) in [7, 11) is -3.68. The molecule has 1 atom stereocenters. The van der Waals surface area contributed by atoms with E-state index in [-0.39, 0.29) is 23.3 Å². The van der Waals surface area contributed by atoms with E-state index in [0.717, 1.165) is 0 Å². The molecule has 2 aliphatic heterocycles. The molecule has 2 amide bonds. The van der Waals surface area contributed by atoms with Crippen LogP contribution in [0.3, 0.4) is 0 Å². The van der Waals surface area contributed by atoms with E-state index in [1.54, 1.807) is 17.0 Å². The standard InChI is InChI=1S/C23H26FN3O5S/c24-19-8-6-17(7-9-19)23(29)26-10-2-3-18(16-26)22(28)25-20-4-1-5-21(15-20)33(30,31)27-11-13-32-14-12-27/h1,4-9,15,18H,2-3,10-14,16H2,(H,25,28). The van der Waals surface area contributed by atoms with E-state index in [0.29, 0.717) is 56.9 Å². The van der Waals surface area contributed by atoms with E-state index in [4.69, 9.17) is 4.74 Å². The molecule has 0 radical (unpaired) electrons. The van der Waals surface area contributed by atoms with Gasteiger partial charge in [-0.3, -0.25) is 9.59 Å². The first kappa shape index (κ1) is 23.3. The zero-order valence-electron chi connectivity index (χ0n) is 18.1. The highest BCUT2D eigenvalue weighted by Crippen LogP contribution is 2.23. The normalized spacial score (nSPS) is 19.8. The van der Waals surface area contributed by atoms with Crippen LogP contribution in [0.25, 0.3) is 0 Å². The van der Waals surface area contributed by atoms with Gasteiger partial charge in [-0.15, -0.1) is 0 Å². The molecule has 2 aromatic carbocycles. The van der Waals surface area contributed by atoms with Crippen LogP contribution in [0, 0.1) is 11.7 Å². The maximum absolute atomic E-state index is 13.2. The lowest BCUT2D eigenvalue weighted by atomic mass is 9.96. The minimum Gasteiger partial charge on any atom is -0.379 e. The number of nitrogens with zero attached hydrogens (tertiary/aromatic N) is 2. The fourth-order valence-corrected chi connectivity index (χ4v) is 5.52. The van der Waals surface area contributed by atoms with Crippen molar-refractivity contribution in [1.82, 2.24) is 9.21 Å². The quantitative estimate of drug-likeness (QED) is 0.716. The van der Waals surface area contributed by atoms with Crippen molar-refractivity contribution in [3.63, 3.8) is 0 Å². The van der Waals surface area contributed by atoms with Gasteiger partial charge < -0.3 is 15.0 Å². The summed E-state index contributed by atoms with van der Waals surface area (Å²) >= 11 is 0. The van der Waals surface area contributed by atoms with Crippen molar-refractivity contribution >= 4 is 27.5 Å². The van der Waals surface area contributed by atoms with Gasteiger partial charge in [0.05, 0.1) is 24.0 Å². The number of benzene rings is 2. The molecule has 33 heavy (non-hydrogen) atoms. The predicted octanol–water partition coefficient (Wildman–Crippen LogP) is 2.34. The Labute approximate surface area is 192 Å². The molecule has 2 aromatic rings. The number of hydrogen-bond acceptors (Lipinski definition) is 5. The van der Waals surface area contributed by atoms with Gasteiger partial charge in [0, 0.05) is 37.4 Å². The van der Waals surface area contributed by atoms with Crippen LogP contribution in [0.2, 0.25) is 0 Å². The van der Waals surface area contributed by atoms with E-state index in [1.165, 1.54) is 40.7 Å². The van der Waals surface area contributed by atoms with Crippen molar-refractivity contribution in [2.75, 3.05) is 44.7 Å². The Morgan fingerprint density at radius 1 is 1.03 bits per heavy atom. The summed E-state index contributed by atoms with van der Waals surface area (Å²) in [6.45, 7) is 2.05. The van der Waals surface area contributed by atoms with Crippen molar-refractivity contribution in [3.8, 4) is 0 Å². The van der Waals surface area contributed by atoms with Crippen LogP contribution in [0.15, 0.2) is 53.4 Å². The number of amides is 2. The van der Waals surface area contributed by atoms with Gasteiger partial charge in [0.15, 0.2) is 0 Å². The number of morpholine rings is 1. The zero-order chi connectivity index (χ0) is 23.4. The van der Waals surface area contributed by atoms with Crippen molar-refractivity contribution in [1.29, 1.82) is 0 Å². The number of nitrogens with one attached hydrogen (secondary N) is 1. The summed E-state index contributed by atoms with van der Waals surface area (Å²) in [6.07, 6.45) is 1.28. The average molecular weight is 476 g/mol. The Balaban J connectivity index is 1.42. The van der Waals surface area contributed by atoms with E-state index >= 15 is 0 Å². The number of sulfonamides is 1. The third-order valence-electron chi connectivity index (χ3n) is 5.88. The predicted molar refractivity (Wildman–Crippen MR) is 120 cm³/mol. The minimum atomic E-state index is -3.68. The Hall–Kier alpha value is -2.82. The Morgan fingerprint density at radius 2 is 1.76 bits per heavy atom. The number of halogens is 1. The van der Waals surface area contributed by atoms with E-state index in [2.05, 4.69) is 5.32 Å². The first-order valence-electron chi connectivity index (χ1n) is 10.9. The molecular formula is C23H26FN3O5S. The number of anilines is 1. The Kier molecular flexibility index (Phi) is 7.06. The largest absolute Gasteiger partial charge is 0.379 e. The summed E-state index contributed by atoms with van der Waals surface area (Å²) in [5, 5.41) is 2.80. The Bertz CT molecular complexity index is 1120. The molecule has 176 valence electrons. The average Bonchev–Trinajstić information content (AvgIpc) is 2.85. The first-order chi connectivity index (χ1) is 15.8. The third kappa shape index (κ3) is 5.40. The number of hydrogen-bond donors (Lipinski definition) is 1. The second kappa shape index (κ2) is 9.98. The van der Waals surface area contributed by atoms with Gasteiger partial charge in [0.25, 0.3) is 5.91 Å². The molecule has 0 saturated carbocycles. The molecule has 8 nitrogen and oxygen atoms in total. The minimum absolute atomic E-state index is 0.110. The van der Waals surface area contributed by atoms with Crippen LogP contribution in [0.4, 0.5) is 10.1 Å². The van der Waals surface area contributed by atoms with Gasteiger partial charge in [-0.1, -0.05) is 6.07 Å². The van der Waals surface area contributed by atoms with Crippen LogP contribution in [0.5, 0.6) is 0 Å². The van der Waals surface area contributed by atoms with Crippen LogP contribution in [-0.2, 0) is 19.6 Å². The molecule has 2 saturated heterocycles. The molecule has 1 N–H and O–H groups in total. The lowest BCUT2D eigenvalue weighted by Crippen LogP contribution is -2.43. The zero-order valence-corrected chi connectivity index (χ0v) is 18.9. The second-order valence-electron chi connectivity index (χ2n) is 8.13. The van der Waals surface area contributed by atoms with Crippen molar-refractivity contribution < 1.29 is 27.1 Å². The number of carbonyl (C=O) groups excluding carboxylic acids is 2. The van der Waals surface area contributed by atoms with E-state index in [9.17, 15) is 22.4 Å². The SMILES string of the molecule is O=C(Nc1cccc(S(=O)(=O)N2CCOCC2)c1)C1CCCN(C(=O)c2ccc(F)cc2)C1. The lowest BCUT2D eigenvalue weighted by molar-refractivity contribution is -0.121. The monoisotopic (exact) mass is 475 g/mol. The number of carbonyl (C=O) groups is 2. The first-order valence-corrected chi connectivity index (χ1v) is 12.3. The molecule has 4 rings (SSSR count). The van der Waals surface area contributed by atoms with Crippen LogP contribution < -0.4 is 5.32 Å². The summed E-state index contributed by atoms with van der Waals surface area (Å²) < 4.78 is 45.5. The topological polar surface area (TPSA) is 96.0 Å². The number of likely N-dealkylation sites (tertiary alicyclic amines) is 1. The molecular weight excluding hydrogens is 449 g/mol. The highest BCUT2D eigenvalue weighted by molar-refractivity contribution is 7.89. The summed E-state index contributed by atoms with van der Waals surface area (Å²) in [4.78, 5) is 27.3. The molecule has 10 heteroatoms. The van der Waals surface area contributed by atoms with Crippen LogP contribution in [0.1, 0.15) is 23.2 Å². The number of piperidine rings is 1. The highest BCUT2D eigenvalue weighted by Gasteiger charge is 2.30. The van der Waals surface area contributed by atoms with Gasteiger partial charge in [0.1, 0.15) is 5.82 Å². The van der Waals surface area contributed by atoms with E-state index in [1.807, 2.05) is 0 Å². The summed E-state index contributed by atoms with van der Waals surface area (Å²) in [6, 6.07) is 11.5. The van der Waals surface area contributed by atoms with E-state index < -0.39 is 21.8 Å². The fourth-order valence-electron chi connectivity index (χ4n) is 4.07. The molecule has 2 aliphatic rings. The van der Waals surface area contributed by atoms with Crippen LogP contribution in [-0.4, -0.2) is 68.8 Å². The second-order valence-corrected chi connectivity index (χ2v) is 10.1. The third-order valence-corrected chi connectivity index (χ3v) is 7.77. The van der Waals surface area contributed by atoms with Crippen molar-refractivity contribution in [2.45, 2.75) is 17.7 Å². The molecule has 2 fully saturated rings. The molecule has 2 heterocycles. The van der Waals surface area contributed by atoms with Gasteiger partial charge >= 0.3 is 0 Å². The highest BCUT2D eigenvalue weighted by atomic mass is 32.2. The maximum atomic E-state index is 13.2. The molecule has 0 aliphatic carbocycles. The van der Waals surface area contributed by atoms with Gasteiger partial charge in [0.2, 0.25) is 15.9 Å². The van der Waals surface area contributed by atoms with Gasteiger partial charge in [-0.2, -0.15) is 4.31 Å². The van der Waals surface area contributed by atoms with Crippen LogP contribution >= 0.6 is 0 Å². The van der Waals surface area contributed by atoms with Gasteiger partial charge in [-0.25, -0.2) is 12.8 Å². The molecule has 0 aromatic heterocycles. The number of ether oxygens (including phenoxy) is 1. The van der Waals surface area contributed by atoms with Crippen molar-refractivity contribution in [2.24, 2.45) is 5.92 Å². The Morgan fingerprint density at radius 3 is 2.48 bits per heavy atom. The lowest BCUT2D eigenvalue weighted by Gasteiger charge is -2.32. The molecule has 0 bridgehead atoms.